The molecule has 0 spiro atoms. The van der Waals surface area contributed by atoms with E-state index >= 15 is 0 Å². The molecule has 1 aliphatic heterocycles. The highest BCUT2D eigenvalue weighted by molar-refractivity contribution is 6.31. The number of aromatic amines is 1. The van der Waals surface area contributed by atoms with Crippen molar-refractivity contribution >= 4 is 28.4 Å². The molecule has 0 saturated carbocycles. The average molecular weight is 293 g/mol. The minimum Gasteiger partial charge on any atom is -0.372 e. The Hall–Kier alpha value is -1.52. The van der Waals surface area contributed by atoms with Crippen LogP contribution in [0.15, 0.2) is 24.3 Å². The Morgan fingerprint density at radius 1 is 1.30 bits per heavy atom. The molecule has 1 amide bonds. The van der Waals surface area contributed by atoms with Crippen LogP contribution in [0.25, 0.3) is 10.9 Å². The summed E-state index contributed by atoms with van der Waals surface area (Å²) in [6.45, 7) is 5.22. The quantitative estimate of drug-likeness (QED) is 0.878. The van der Waals surface area contributed by atoms with Gasteiger partial charge in [0.15, 0.2) is 0 Å². The fraction of sp³-hybridized carbons (Fsp3) is 0.400. The number of hydrogen-bond acceptors (Lipinski definition) is 2. The maximum atomic E-state index is 12.6. The summed E-state index contributed by atoms with van der Waals surface area (Å²) >= 11 is 5.97. The molecule has 20 heavy (non-hydrogen) atoms. The van der Waals surface area contributed by atoms with Gasteiger partial charge in [0.2, 0.25) is 0 Å². The number of carbonyl (C=O) groups excluding carboxylic acids is 1. The summed E-state index contributed by atoms with van der Waals surface area (Å²) in [6.07, 6.45) is 0.142. The minimum atomic E-state index is 0.0133. The monoisotopic (exact) mass is 292 g/mol. The number of fused-ring (bicyclic) bond motifs is 1. The predicted octanol–water partition coefficient (Wildman–Crippen LogP) is 3.07. The van der Waals surface area contributed by atoms with Gasteiger partial charge < -0.3 is 14.6 Å². The molecule has 2 heterocycles. The third-order valence-corrected chi connectivity index (χ3v) is 3.76. The van der Waals surface area contributed by atoms with Gasteiger partial charge in [0.05, 0.1) is 12.2 Å². The lowest BCUT2D eigenvalue weighted by Gasteiger charge is -2.35. The predicted molar refractivity (Wildman–Crippen MR) is 79.2 cm³/mol. The number of aromatic nitrogens is 1. The summed E-state index contributed by atoms with van der Waals surface area (Å²) in [7, 11) is 0. The molecule has 3 rings (SSSR count). The van der Waals surface area contributed by atoms with E-state index in [1.807, 2.05) is 43.0 Å². The van der Waals surface area contributed by atoms with Crippen molar-refractivity contribution in [3.05, 3.63) is 35.0 Å². The molecule has 2 aromatic rings. The molecule has 0 aliphatic carbocycles. The van der Waals surface area contributed by atoms with Crippen LogP contribution in [-0.2, 0) is 4.74 Å². The Labute approximate surface area is 122 Å². The summed E-state index contributed by atoms with van der Waals surface area (Å²) in [6, 6.07) is 7.41. The Morgan fingerprint density at radius 3 is 2.70 bits per heavy atom. The summed E-state index contributed by atoms with van der Waals surface area (Å²) in [5.74, 6) is 0.0133. The zero-order valence-electron chi connectivity index (χ0n) is 11.5. The molecule has 5 heteroatoms. The SMILES string of the molecule is C[C@@H]1CN(C(=O)c2cc3cc(Cl)ccc3[nH]2)C[C@@H](C)O1. The summed E-state index contributed by atoms with van der Waals surface area (Å²) in [5, 5.41) is 1.62. The minimum absolute atomic E-state index is 0.0133. The number of hydrogen-bond donors (Lipinski definition) is 1. The number of carbonyl (C=O) groups is 1. The van der Waals surface area contributed by atoms with E-state index in [9.17, 15) is 4.79 Å². The Kier molecular flexibility index (Phi) is 3.44. The second-order valence-corrected chi connectivity index (χ2v) is 5.82. The van der Waals surface area contributed by atoms with E-state index in [4.69, 9.17) is 16.3 Å². The number of H-pyrrole nitrogens is 1. The second-order valence-electron chi connectivity index (χ2n) is 5.38. The number of nitrogens with one attached hydrogen (secondary N) is 1. The van der Waals surface area contributed by atoms with Crippen molar-refractivity contribution in [1.29, 1.82) is 0 Å². The molecule has 1 aliphatic rings. The molecule has 1 aromatic carbocycles. The lowest BCUT2D eigenvalue weighted by molar-refractivity contribution is -0.0587. The van der Waals surface area contributed by atoms with Gasteiger partial charge in [-0.25, -0.2) is 0 Å². The van der Waals surface area contributed by atoms with Crippen molar-refractivity contribution < 1.29 is 9.53 Å². The van der Waals surface area contributed by atoms with E-state index < -0.39 is 0 Å². The van der Waals surface area contributed by atoms with E-state index in [0.29, 0.717) is 23.8 Å². The molecule has 106 valence electrons. The molecule has 0 radical (unpaired) electrons. The topological polar surface area (TPSA) is 45.3 Å². The summed E-state index contributed by atoms with van der Waals surface area (Å²) in [4.78, 5) is 17.5. The molecule has 1 fully saturated rings. The van der Waals surface area contributed by atoms with Gasteiger partial charge in [-0.15, -0.1) is 0 Å². The van der Waals surface area contributed by atoms with Crippen molar-refractivity contribution in [2.24, 2.45) is 0 Å². The van der Waals surface area contributed by atoms with E-state index in [-0.39, 0.29) is 18.1 Å². The normalized spacial score (nSPS) is 23.2. The van der Waals surface area contributed by atoms with Crippen LogP contribution in [0.1, 0.15) is 24.3 Å². The fourth-order valence-electron chi connectivity index (χ4n) is 2.73. The van der Waals surface area contributed by atoms with Crippen LogP contribution >= 0.6 is 11.6 Å². The molecule has 1 saturated heterocycles. The molecule has 2 atom stereocenters. The van der Waals surface area contributed by atoms with Crippen LogP contribution in [0.3, 0.4) is 0 Å². The van der Waals surface area contributed by atoms with Gasteiger partial charge in [0.1, 0.15) is 5.69 Å². The Morgan fingerprint density at radius 2 is 2.00 bits per heavy atom. The third-order valence-electron chi connectivity index (χ3n) is 3.52. The van der Waals surface area contributed by atoms with Crippen molar-refractivity contribution in [3.63, 3.8) is 0 Å². The van der Waals surface area contributed by atoms with Crippen LogP contribution in [0.5, 0.6) is 0 Å². The van der Waals surface area contributed by atoms with Gasteiger partial charge in [0, 0.05) is 29.0 Å². The number of ether oxygens (including phenoxy) is 1. The molecule has 1 aromatic heterocycles. The number of rotatable bonds is 1. The maximum Gasteiger partial charge on any atom is 0.270 e. The first-order valence-corrected chi connectivity index (χ1v) is 7.14. The highest BCUT2D eigenvalue weighted by atomic mass is 35.5. The van der Waals surface area contributed by atoms with Gasteiger partial charge in [-0.05, 0) is 38.1 Å². The lowest BCUT2D eigenvalue weighted by Crippen LogP contribution is -2.48. The molecule has 0 unspecified atom stereocenters. The number of amides is 1. The van der Waals surface area contributed by atoms with Crippen molar-refractivity contribution in [2.75, 3.05) is 13.1 Å². The molecular formula is C15H17ClN2O2. The van der Waals surface area contributed by atoms with Crippen LogP contribution in [0, 0.1) is 0 Å². The van der Waals surface area contributed by atoms with Crippen LogP contribution in [0.2, 0.25) is 5.02 Å². The smallest absolute Gasteiger partial charge is 0.270 e. The lowest BCUT2D eigenvalue weighted by atomic mass is 10.2. The van der Waals surface area contributed by atoms with Gasteiger partial charge >= 0.3 is 0 Å². The zero-order chi connectivity index (χ0) is 14.3. The highest BCUT2D eigenvalue weighted by Gasteiger charge is 2.27. The van der Waals surface area contributed by atoms with Gasteiger partial charge in [-0.2, -0.15) is 0 Å². The van der Waals surface area contributed by atoms with Crippen LogP contribution in [0.4, 0.5) is 0 Å². The molecule has 1 N–H and O–H groups in total. The fourth-order valence-corrected chi connectivity index (χ4v) is 2.91. The van der Waals surface area contributed by atoms with Crippen LogP contribution < -0.4 is 0 Å². The van der Waals surface area contributed by atoms with Gasteiger partial charge in [-0.3, -0.25) is 4.79 Å². The summed E-state index contributed by atoms with van der Waals surface area (Å²) in [5.41, 5.74) is 1.52. The van der Waals surface area contributed by atoms with Crippen molar-refractivity contribution in [1.82, 2.24) is 9.88 Å². The average Bonchev–Trinajstić information content (AvgIpc) is 2.79. The standard InChI is InChI=1S/C15H17ClN2O2/c1-9-7-18(8-10(2)20-9)15(19)14-6-11-5-12(16)3-4-13(11)17-14/h3-6,9-10,17H,7-8H2,1-2H3/t9-,10-/m1/s1. The number of benzene rings is 1. The highest BCUT2D eigenvalue weighted by Crippen LogP contribution is 2.22. The first-order chi connectivity index (χ1) is 9.52. The first-order valence-electron chi connectivity index (χ1n) is 6.76. The third kappa shape index (κ3) is 2.53. The van der Waals surface area contributed by atoms with Crippen molar-refractivity contribution in [2.45, 2.75) is 26.1 Å². The Balaban J connectivity index is 1.88. The van der Waals surface area contributed by atoms with Crippen molar-refractivity contribution in [3.8, 4) is 0 Å². The Bertz CT molecular complexity index is 642. The largest absolute Gasteiger partial charge is 0.372 e. The summed E-state index contributed by atoms with van der Waals surface area (Å²) < 4.78 is 5.66. The van der Waals surface area contributed by atoms with E-state index in [2.05, 4.69) is 4.98 Å². The molecule has 0 bridgehead atoms. The van der Waals surface area contributed by atoms with E-state index in [1.165, 1.54) is 0 Å². The number of nitrogens with zero attached hydrogens (tertiary/aromatic N) is 1. The molecular weight excluding hydrogens is 276 g/mol. The molecule has 4 nitrogen and oxygen atoms in total. The second kappa shape index (κ2) is 5.11. The van der Waals surface area contributed by atoms with Gasteiger partial charge in [0.25, 0.3) is 5.91 Å². The van der Waals surface area contributed by atoms with E-state index in [0.717, 1.165) is 10.9 Å². The van der Waals surface area contributed by atoms with Crippen LogP contribution in [-0.4, -0.2) is 41.1 Å². The number of morpholine rings is 1. The zero-order valence-corrected chi connectivity index (χ0v) is 12.3. The van der Waals surface area contributed by atoms with E-state index in [1.54, 1.807) is 0 Å². The maximum absolute atomic E-state index is 12.6. The number of halogens is 1. The van der Waals surface area contributed by atoms with Gasteiger partial charge in [-0.1, -0.05) is 11.6 Å². The first kappa shape index (κ1) is 13.5.